The van der Waals surface area contributed by atoms with Gasteiger partial charge in [0.25, 0.3) is 5.91 Å². The summed E-state index contributed by atoms with van der Waals surface area (Å²) in [4.78, 5) is 14.7. The molecule has 0 spiro atoms. The Labute approximate surface area is 126 Å². The second kappa shape index (κ2) is 6.24. The Kier molecular flexibility index (Phi) is 4.62. The maximum Gasteiger partial charge on any atom is 0.267 e. The van der Waals surface area contributed by atoms with E-state index in [-0.39, 0.29) is 12.5 Å². The zero-order valence-corrected chi connectivity index (χ0v) is 12.8. The van der Waals surface area contributed by atoms with Crippen LogP contribution in [0.1, 0.15) is 29.4 Å². The normalized spacial score (nSPS) is 13.8. The predicted molar refractivity (Wildman–Crippen MR) is 81.5 cm³/mol. The molecule has 20 heavy (non-hydrogen) atoms. The van der Waals surface area contributed by atoms with Gasteiger partial charge in [0.15, 0.2) is 0 Å². The number of aromatic nitrogens is 1. The topological polar surface area (TPSA) is 65.1 Å². The van der Waals surface area contributed by atoms with E-state index >= 15 is 0 Å². The summed E-state index contributed by atoms with van der Waals surface area (Å²) in [6, 6.07) is 10.9. The molecule has 0 saturated carbocycles. The second-order valence-electron chi connectivity index (χ2n) is 4.66. The van der Waals surface area contributed by atoms with E-state index in [1.807, 2.05) is 31.2 Å². The molecule has 3 N–H and O–H groups in total. The minimum absolute atomic E-state index is 0.170. The third kappa shape index (κ3) is 3.29. The van der Waals surface area contributed by atoms with Crippen LogP contribution in [0, 0.1) is 0 Å². The molecule has 0 bridgehead atoms. The van der Waals surface area contributed by atoms with Crippen molar-refractivity contribution in [3.05, 3.63) is 58.3 Å². The number of aromatic amines is 1. The van der Waals surface area contributed by atoms with Crippen molar-refractivity contribution in [3.63, 3.8) is 0 Å². The molecule has 0 aliphatic heterocycles. The van der Waals surface area contributed by atoms with Crippen molar-refractivity contribution in [2.45, 2.75) is 18.9 Å². The van der Waals surface area contributed by atoms with E-state index in [0.717, 1.165) is 10.0 Å². The van der Waals surface area contributed by atoms with E-state index in [4.69, 9.17) is 0 Å². The number of hydrogen-bond donors (Lipinski definition) is 3. The van der Waals surface area contributed by atoms with E-state index in [1.165, 1.54) is 0 Å². The average Bonchev–Trinajstić information content (AvgIpc) is 2.99. The number of H-pyrrole nitrogens is 1. The first kappa shape index (κ1) is 14.8. The van der Waals surface area contributed by atoms with E-state index < -0.39 is 5.60 Å². The first-order valence-electron chi connectivity index (χ1n) is 6.45. The molecule has 4 nitrogen and oxygen atoms in total. The molecule has 0 aliphatic carbocycles. The summed E-state index contributed by atoms with van der Waals surface area (Å²) in [5, 5.41) is 13.4. The summed E-state index contributed by atoms with van der Waals surface area (Å²) >= 11 is 3.37. The molecule has 1 amide bonds. The van der Waals surface area contributed by atoms with Crippen LogP contribution >= 0.6 is 15.9 Å². The Bertz CT molecular complexity index is 566. The van der Waals surface area contributed by atoms with Crippen molar-refractivity contribution in [2.24, 2.45) is 0 Å². The Morgan fingerprint density at radius 2 is 2.05 bits per heavy atom. The second-order valence-corrected chi connectivity index (χ2v) is 5.57. The third-order valence-electron chi connectivity index (χ3n) is 3.35. The van der Waals surface area contributed by atoms with Crippen molar-refractivity contribution in [3.8, 4) is 0 Å². The Balaban J connectivity index is 2.08. The molecule has 0 aliphatic rings. The van der Waals surface area contributed by atoms with Crippen LogP contribution in [0.4, 0.5) is 0 Å². The summed E-state index contributed by atoms with van der Waals surface area (Å²) < 4.78 is 0.954. The van der Waals surface area contributed by atoms with Crippen LogP contribution in [0.15, 0.2) is 47.1 Å². The molecule has 2 rings (SSSR count). The highest BCUT2D eigenvalue weighted by molar-refractivity contribution is 9.10. The molecule has 106 valence electrons. The molecule has 1 atom stereocenters. The molecule has 1 aromatic carbocycles. The summed E-state index contributed by atoms with van der Waals surface area (Å²) in [5.41, 5.74) is 0.206. The Morgan fingerprint density at radius 3 is 2.60 bits per heavy atom. The lowest BCUT2D eigenvalue weighted by Crippen LogP contribution is -2.40. The van der Waals surface area contributed by atoms with Crippen molar-refractivity contribution in [1.29, 1.82) is 0 Å². The molecule has 0 unspecified atom stereocenters. The monoisotopic (exact) mass is 336 g/mol. The minimum Gasteiger partial charge on any atom is -0.383 e. The number of nitrogens with one attached hydrogen (secondary N) is 2. The van der Waals surface area contributed by atoms with Crippen LogP contribution in [0.5, 0.6) is 0 Å². The van der Waals surface area contributed by atoms with Crippen molar-refractivity contribution >= 4 is 21.8 Å². The van der Waals surface area contributed by atoms with E-state index in [9.17, 15) is 9.90 Å². The van der Waals surface area contributed by atoms with Crippen LogP contribution < -0.4 is 5.32 Å². The SMILES string of the molecule is CC[C@@](O)(CNC(=O)c1ccc[nH]1)c1ccc(Br)cc1. The van der Waals surface area contributed by atoms with Crippen LogP contribution in [-0.4, -0.2) is 22.5 Å². The largest absolute Gasteiger partial charge is 0.383 e. The molecule has 1 heterocycles. The number of halogens is 1. The van der Waals surface area contributed by atoms with Crippen LogP contribution in [-0.2, 0) is 5.60 Å². The van der Waals surface area contributed by atoms with Gasteiger partial charge in [-0.3, -0.25) is 4.79 Å². The maximum atomic E-state index is 11.9. The highest BCUT2D eigenvalue weighted by atomic mass is 79.9. The van der Waals surface area contributed by atoms with Gasteiger partial charge in [-0.2, -0.15) is 0 Å². The minimum atomic E-state index is -1.07. The zero-order chi connectivity index (χ0) is 14.6. The summed E-state index contributed by atoms with van der Waals surface area (Å²) in [5.74, 6) is -0.223. The van der Waals surface area contributed by atoms with Gasteiger partial charge < -0.3 is 15.4 Å². The van der Waals surface area contributed by atoms with Gasteiger partial charge >= 0.3 is 0 Å². The van der Waals surface area contributed by atoms with Crippen molar-refractivity contribution in [2.75, 3.05) is 6.54 Å². The molecule has 1 aromatic heterocycles. The van der Waals surface area contributed by atoms with Crippen LogP contribution in [0.3, 0.4) is 0 Å². The predicted octanol–water partition coefficient (Wildman–Crippen LogP) is 2.80. The molecular weight excluding hydrogens is 320 g/mol. The molecule has 0 radical (unpaired) electrons. The summed E-state index contributed by atoms with van der Waals surface area (Å²) in [7, 11) is 0. The number of hydrogen-bond acceptors (Lipinski definition) is 2. The van der Waals surface area contributed by atoms with E-state index in [1.54, 1.807) is 18.3 Å². The molecule has 5 heteroatoms. The number of carbonyl (C=O) groups is 1. The first-order valence-corrected chi connectivity index (χ1v) is 7.24. The van der Waals surface area contributed by atoms with Gasteiger partial charge in [-0.05, 0) is 36.2 Å². The van der Waals surface area contributed by atoms with Crippen molar-refractivity contribution in [1.82, 2.24) is 10.3 Å². The van der Waals surface area contributed by atoms with Gasteiger partial charge in [-0.25, -0.2) is 0 Å². The number of carbonyl (C=O) groups excluding carboxylic acids is 1. The summed E-state index contributed by atoms with van der Waals surface area (Å²) in [6.45, 7) is 2.06. The van der Waals surface area contributed by atoms with Gasteiger partial charge in [-0.15, -0.1) is 0 Å². The standard InChI is InChI=1S/C15H17BrN2O2/c1-2-15(20,11-5-7-12(16)8-6-11)10-18-14(19)13-4-3-9-17-13/h3-9,17,20H,2,10H2,1H3,(H,18,19)/t15-/m1/s1. The fourth-order valence-corrected chi connectivity index (χ4v) is 2.25. The Morgan fingerprint density at radius 1 is 1.35 bits per heavy atom. The molecule has 0 fully saturated rings. The lowest BCUT2D eigenvalue weighted by atomic mass is 9.91. The molecule has 2 aromatic rings. The average molecular weight is 337 g/mol. The Hall–Kier alpha value is -1.59. The first-order chi connectivity index (χ1) is 9.55. The zero-order valence-electron chi connectivity index (χ0n) is 11.2. The van der Waals surface area contributed by atoms with Gasteiger partial charge in [0.1, 0.15) is 11.3 Å². The molecule has 0 saturated heterocycles. The lowest BCUT2D eigenvalue weighted by Gasteiger charge is -2.27. The number of benzene rings is 1. The van der Waals surface area contributed by atoms with Gasteiger partial charge in [0.2, 0.25) is 0 Å². The number of aliphatic hydroxyl groups is 1. The van der Waals surface area contributed by atoms with Gasteiger partial charge in [0.05, 0.1) is 6.54 Å². The van der Waals surface area contributed by atoms with Crippen LogP contribution in [0.25, 0.3) is 0 Å². The highest BCUT2D eigenvalue weighted by Crippen LogP contribution is 2.25. The highest BCUT2D eigenvalue weighted by Gasteiger charge is 2.27. The van der Waals surface area contributed by atoms with E-state index in [2.05, 4.69) is 26.2 Å². The van der Waals surface area contributed by atoms with Crippen molar-refractivity contribution < 1.29 is 9.90 Å². The molecular formula is C15H17BrN2O2. The summed E-state index contributed by atoms with van der Waals surface area (Å²) in [6.07, 6.45) is 2.20. The number of amides is 1. The van der Waals surface area contributed by atoms with Gasteiger partial charge in [-0.1, -0.05) is 35.0 Å². The van der Waals surface area contributed by atoms with Gasteiger partial charge in [0, 0.05) is 10.7 Å². The maximum absolute atomic E-state index is 11.9. The fraction of sp³-hybridized carbons (Fsp3) is 0.267. The smallest absolute Gasteiger partial charge is 0.267 e. The number of rotatable bonds is 5. The quantitative estimate of drug-likeness (QED) is 0.786. The third-order valence-corrected chi connectivity index (χ3v) is 3.88. The lowest BCUT2D eigenvalue weighted by molar-refractivity contribution is 0.0313. The fourth-order valence-electron chi connectivity index (χ4n) is 1.98. The van der Waals surface area contributed by atoms with E-state index in [0.29, 0.717) is 12.1 Å². The van der Waals surface area contributed by atoms with Crippen LogP contribution in [0.2, 0.25) is 0 Å².